The Morgan fingerprint density at radius 2 is 0.589 bits per heavy atom. The van der Waals surface area contributed by atoms with Gasteiger partial charge in [0.05, 0.1) is 19.7 Å². The zero-order chi connectivity index (χ0) is 105. The molecule has 0 spiro atoms. The van der Waals surface area contributed by atoms with Gasteiger partial charge >= 0.3 is 29.8 Å². The van der Waals surface area contributed by atoms with E-state index >= 15 is 0 Å². The fraction of sp³-hybridized carbons (Fsp3) is 0.657. The van der Waals surface area contributed by atoms with Crippen LogP contribution in [0.25, 0.3) is 0 Å². The van der Waals surface area contributed by atoms with Gasteiger partial charge in [-0.3, -0.25) is 62.3 Å². The molecule has 0 aromatic rings. The number of carbonyl (C=O) groups is 18. The number of hydrogen-bond donors (Lipinski definition) is 4. The summed E-state index contributed by atoms with van der Waals surface area (Å²) in [5.41, 5.74) is 1.72. The number of hydrogen-bond acceptors (Lipinski definition) is 23. The van der Waals surface area contributed by atoms with Gasteiger partial charge in [-0.25, -0.2) is 24.0 Å². The Labute approximate surface area is 838 Å². The lowest BCUT2D eigenvalue weighted by Gasteiger charge is -2.28. The Bertz CT molecular complexity index is 3850. The van der Waals surface area contributed by atoms with Crippen molar-refractivity contribution in [3.8, 4) is 0 Å². The maximum absolute atomic E-state index is 11.8. The molecular formula is C105H169N13O23. The highest BCUT2D eigenvalue weighted by Gasteiger charge is 2.30. The van der Waals surface area contributed by atoms with Crippen molar-refractivity contribution in [2.45, 2.75) is 324 Å². The molecule has 36 heteroatoms. The average molecular weight is 1980 g/mol. The molecule has 9 aliphatic rings. The minimum Gasteiger partial charge on any atom is -0.463 e. The number of amides is 13. The van der Waals surface area contributed by atoms with Gasteiger partial charge in [0, 0.05) is 190 Å². The molecule has 13 amide bonds. The number of nitrogens with one attached hydrogen (secondary N) is 4. The molecule has 9 fully saturated rings. The quantitative estimate of drug-likeness (QED) is 0.0196. The van der Waals surface area contributed by atoms with Gasteiger partial charge in [0.25, 0.3) is 0 Å². The second kappa shape index (κ2) is 76.9. The van der Waals surface area contributed by atoms with Gasteiger partial charge in [-0.15, -0.1) is 0 Å². The van der Waals surface area contributed by atoms with Crippen molar-refractivity contribution in [1.82, 2.24) is 65.4 Å². The summed E-state index contributed by atoms with van der Waals surface area (Å²) < 4.78 is 24.8. The van der Waals surface area contributed by atoms with Crippen LogP contribution in [0, 0.1) is 0 Å². The largest absolute Gasteiger partial charge is 0.463 e. The molecule has 9 rings (SSSR count). The highest BCUT2D eigenvalue weighted by molar-refractivity contribution is 5.94. The smallest absolute Gasteiger partial charge is 0.335 e. The summed E-state index contributed by atoms with van der Waals surface area (Å²) in [5.74, 6) is -1.40. The minimum absolute atomic E-state index is 0.0665. The third kappa shape index (κ3) is 58.8. The Kier molecular flexibility index (Phi) is 69.3. The Balaban J connectivity index is 0.000000793. The lowest BCUT2D eigenvalue weighted by Crippen LogP contribution is -2.49. The number of unbranched alkanes of at least 4 members (excludes halogenated alkanes) is 3. The van der Waals surface area contributed by atoms with Gasteiger partial charge in [0.15, 0.2) is 12.5 Å². The van der Waals surface area contributed by atoms with E-state index in [0.29, 0.717) is 139 Å². The van der Waals surface area contributed by atoms with Crippen LogP contribution in [0.3, 0.4) is 0 Å². The first-order chi connectivity index (χ1) is 67.3. The topological polar surface area (TPSA) is 431 Å². The molecule has 4 unspecified atom stereocenters. The molecule has 9 aliphatic heterocycles. The summed E-state index contributed by atoms with van der Waals surface area (Å²) in [6, 6.07) is 0. The zero-order valence-electron chi connectivity index (χ0n) is 86.3. The second-order valence-corrected chi connectivity index (χ2v) is 35.8. The molecule has 0 bridgehead atoms. The molecule has 0 aromatic heterocycles. The Morgan fingerprint density at radius 1 is 0.284 bits per heavy atom. The van der Waals surface area contributed by atoms with E-state index in [1.165, 1.54) is 18.2 Å². The Morgan fingerprint density at radius 3 is 0.950 bits per heavy atom. The normalized spacial score (nSPS) is 17.6. The first-order valence-electron chi connectivity index (χ1n) is 50.7. The van der Waals surface area contributed by atoms with E-state index in [1.807, 2.05) is 28.5 Å². The van der Waals surface area contributed by atoms with Crippen LogP contribution in [0.4, 0.5) is 0 Å². The third-order valence-electron chi connectivity index (χ3n) is 23.8. The van der Waals surface area contributed by atoms with Gasteiger partial charge in [0.2, 0.25) is 76.8 Å². The van der Waals surface area contributed by atoms with E-state index in [9.17, 15) is 86.3 Å². The van der Waals surface area contributed by atoms with Gasteiger partial charge in [0.1, 0.15) is 25.5 Å². The number of likely N-dealkylation sites (tertiary alicyclic amines) is 9. The number of nitrogens with zero attached hydrogens (tertiary/aromatic N) is 9. The van der Waals surface area contributed by atoms with Gasteiger partial charge in [-0.2, -0.15) is 0 Å². The van der Waals surface area contributed by atoms with Crippen LogP contribution in [-0.4, -0.2) is 300 Å². The molecule has 141 heavy (non-hydrogen) atoms. The van der Waals surface area contributed by atoms with E-state index in [-0.39, 0.29) is 108 Å². The standard InChI is InChI=1S/C13H21NO3.2C12H20N2O2.2C12H19NO3.2C11H18N2O2.2C11H17NO3/c1-2-13(16)17-11-6-4-3-5-9-14-10-7-8-12(14)15;1-9(2)12(16)13-10(3)14-8-6-4-5-7-11(14)15;1-10(2)12(16)13-7-9-14-8-5-3-4-6-11(14)15;1-9(2)12(15)16-10(3)13-8-6-4-5-7-11(13)14;1-10(2)12(15)16-9-8-13-7-5-3-4-6-11(13)14;1-3-10(14)12-9(2)13-8-6-4-5-7-11(13)15;1-2-10(14)12-7-9-13-8-5-3-4-6-11(13)15;1-3-11(14)15-9(2)12-8-6-4-5-7-10(12)13;1-2-11(14)15-9-8-12-7-5-3-4-6-10(12)13/h2H,1,3-11H2;10H,1,4-8H2,2-3H3,(H,13,16);1,3-9H2,2H3,(H,13,16);10H,1,4-8H2,2-3H3;1,3-9H2,2H3;3,9H,1,4-8H2,2H3,(H,12,14);2H,1,3-9H2,(H,12,14);3,9H,1,4-8H2,2H3;2H,1,3-9H2. The van der Waals surface area contributed by atoms with Gasteiger partial charge in [-0.05, 0) is 196 Å². The molecule has 0 saturated carbocycles. The van der Waals surface area contributed by atoms with Crippen LogP contribution < -0.4 is 21.3 Å². The van der Waals surface area contributed by atoms with Crippen molar-refractivity contribution in [2.75, 3.05) is 125 Å². The first kappa shape index (κ1) is 127. The summed E-state index contributed by atoms with van der Waals surface area (Å²) in [6.07, 6.45) is 39.7. The lowest BCUT2D eigenvalue weighted by molar-refractivity contribution is -0.160. The van der Waals surface area contributed by atoms with Crippen LogP contribution >= 0.6 is 0 Å². The monoisotopic (exact) mass is 1980 g/mol. The third-order valence-corrected chi connectivity index (χ3v) is 23.8. The molecule has 4 N–H and O–H groups in total. The van der Waals surface area contributed by atoms with E-state index in [1.54, 1.807) is 70.9 Å². The van der Waals surface area contributed by atoms with Crippen LogP contribution in [0.2, 0.25) is 0 Å². The van der Waals surface area contributed by atoms with Crippen molar-refractivity contribution in [2.24, 2.45) is 0 Å². The van der Waals surface area contributed by atoms with Crippen molar-refractivity contribution in [1.29, 1.82) is 0 Å². The van der Waals surface area contributed by atoms with Crippen LogP contribution in [-0.2, 0) is 110 Å². The van der Waals surface area contributed by atoms with E-state index < -0.39 is 30.4 Å². The maximum Gasteiger partial charge on any atom is 0.335 e. The van der Waals surface area contributed by atoms with Gasteiger partial charge in [-0.1, -0.05) is 117 Å². The fourth-order valence-corrected chi connectivity index (χ4v) is 15.5. The molecule has 0 radical (unpaired) electrons. The number of ether oxygens (including phenoxy) is 5. The molecule has 9 heterocycles. The summed E-state index contributed by atoms with van der Waals surface area (Å²) >= 11 is 0. The van der Waals surface area contributed by atoms with Crippen molar-refractivity contribution < 1.29 is 110 Å². The molecule has 0 aliphatic carbocycles. The predicted molar refractivity (Wildman–Crippen MR) is 541 cm³/mol. The minimum atomic E-state index is -0.491. The van der Waals surface area contributed by atoms with Crippen LogP contribution in [0.5, 0.6) is 0 Å². The Hall–Kier alpha value is -11.9. The van der Waals surface area contributed by atoms with Crippen molar-refractivity contribution in [3.05, 3.63) is 112 Å². The molecular weight excluding hydrogens is 1810 g/mol. The number of esters is 5. The highest BCUT2D eigenvalue weighted by atomic mass is 16.6. The van der Waals surface area contributed by atoms with E-state index in [4.69, 9.17) is 23.7 Å². The fourth-order valence-electron chi connectivity index (χ4n) is 15.5. The lowest BCUT2D eigenvalue weighted by atomic mass is 10.2. The second-order valence-electron chi connectivity index (χ2n) is 35.8. The van der Waals surface area contributed by atoms with Crippen LogP contribution in [0.1, 0.15) is 299 Å². The predicted octanol–water partition coefficient (Wildman–Crippen LogP) is 12.1. The number of rotatable bonds is 36. The molecule has 792 valence electrons. The molecule has 36 nitrogen and oxygen atoms in total. The highest BCUT2D eigenvalue weighted by Crippen LogP contribution is 2.22. The summed E-state index contributed by atoms with van der Waals surface area (Å²) in [7, 11) is 0. The van der Waals surface area contributed by atoms with Gasteiger partial charge < -0.3 is 89.1 Å². The average Bonchev–Trinajstić information content (AvgIpc) is 1.83. The van der Waals surface area contributed by atoms with Crippen molar-refractivity contribution in [3.63, 3.8) is 0 Å². The van der Waals surface area contributed by atoms with E-state index in [0.717, 1.165) is 257 Å². The number of carbonyl (C=O) groups excluding carboxylic acids is 18. The van der Waals surface area contributed by atoms with E-state index in [2.05, 4.69) is 80.5 Å². The first-order valence-corrected chi connectivity index (χ1v) is 50.7. The SMILES string of the molecule is C=C(C)C(=O)NC(C)N1CCCCCC1=O.C=C(C)C(=O)NCCN1CCCCCC1=O.C=C(C)C(=O)OC(C)N1CCCCCC1=O.C=C(C)C(=O)OCCN1CCCCCC1=O.C=CC(=O)NC(C)N1CCCCCC1=O.C=CC(=O)NCCN1CCCCCC1=O.C=CC(=O)OC(C)N1CCCCCC1=O.C=CC(=O)OCCCCCCN1CCCC1=O.C=CC(=O)OCCN1CCCCCC1=O. The molecule has 9 saturated heterocycles. The zero-order valence-corrected chi connectivity index (χ0v) is 86.3. The molecule has 0 aromatic carbocycles. The molecule has 4 atom stereocenters. The maximum atomic E-state index is 11.8. The summed E-state index contributed by atoms with van der Waals surface area (Å²) in [4.78, 5) is 220. The summed E-state index contributed by atoms with van der Waals surface area (Å²) in [6.45, 7) is 56.5. The van der Waals surface area contributed by atoms with Crippen LogP contribution in [0.15, 0.2) is 112 Å². The summed E-state index contributed by atoms with van der Waals surface area (Å²) in [5, 5.41) is 10.9. The van der Waals surface area contributed by atoms with Crippen molar-refractivity contribution >= 4 is 107 Å².